The molecular weight excluding hydrogens is 370 g/mol. The number of benzene rings is 2. The smallest absolute Gasteiger partial charge is 0.171 e. The Bertz CT molecular complexity index is 759. The topological polar surface area (TPSA) is 45.8 Å². The third kappa shape index (κ3) is 6.11. The van der Waals surface area contributed by atoms with Crippen LogP contribution in [0.2, 0.25) is 0 Å². The van der Waals surface area contributed by atoms with Gasteiger partial charge in [-0.2, -0.15) is 0 Å². The number of para-hydroxylation sites is 2. The molecule has 0 spiro atoms. The second kappa shape index (κ2) is 10.3. The minimum Gasteiger partial charge on any atom is -0.492 e. The van der Waals surface area contributed by atoms with Crippen molar-refractivity contribution in [3.8, 4) is 11.5 Å². The molecule has 0 unspecified atom stereocenters. The van der Waals surface area contributed by atoms with Crippen LogP contribution in [-0.4, -0.2) is 42.9 Å². The fraction of sp³-hybridized carbons (Fsp3) is 0.409. The standard InChI is InChI=1S/C22H29N3O2S/c1-3-26-21-7-5-4-6-20(21)24-22(28)23-16-17-8-10-18(11-9-17)27-19-12-14-25(2)15-13-19/h4-11,19H,3,12-16H2,1-2H3,(H2,23,24,28). The Balaban J connectivity index is 1.46. The first-order chi connectivity index (χ1) is 13.6. The quantitative estimate of drug-likeness (QED) is 0.685. The van der Waals surface area contributed by atoms with Crippen molar-refractivity contribution in [1.29, 1.82) is 0 Å². The number of nitrogens with zero attached hydrogens (tertiary/aromatic N) is 1. The van der Waals surface area contributed by atoms with Crippen LogP contribution in [0.3, 0.4) is 0 Å². The van der Waals surface area contributed by atoms with Gasteiger partial charge < -0.3 is 25.0 Å². The van der Waals surface area contributed by atoms with Gasteiger partial charge in [-0.1, -0.05) is 24.3 Å². The van der Waals surface area contributed by atoms with E-state index in [1.165, 1.54) is 0 Å². The van der Waals surface area contributed by atoms with Crippen molar-refractivity contribution >= 4 is 23.0 Å². The zero-order valence-electron chi connectivity index (χ0n) is 16.6. The number of piperidine rings is 1. The van der Waals surface area contributed by atoms with Crippen molar-refractivity contribution in [2.45, 2.75) is 32.4 Å². The molecule has 0 radical (unpaired) electrons. The van der Waals surface area contributed by atoms with Crippen molar-refractivity contribution in [2.24, 2.45) is 0 Å². The van der Waals surface area contributed by atoms with Crippen molar-refractivity contribution in [3.05, 3.63) is 54.1 Å². The molecule has 6 heteroatoms. The second-order valence-corrected chi connectivity index (χ2v) is 7.41. The van der Waals surface area contributed by atoms with Gasteiger partial charge in [-0.15, -0.1) is 0 Å². The normalized spacial score (nSPS) is 15.1. The number of hydrogen-bond acceptors (Lipinski definition) is 4. The summed E-state index contributed by atoms with van der Waals surface area (Å²) in [6, 6.07) is 16.0. The number of ether oxygens (including phenoxy) is 2. The lowest BCUT2D eigenvalue weighted by molar-refractivity contribution is 0.114. The highest BCUT2D eigenvalue weighted by Crippen LogP contribution is 2.23. The molecule has 2 N–H and O–H groups in total. The molecule has 28 heavy (non-hydrogen) atoms. The van der Waals surface area contributed by atoms with E-state index >= 15 is 0 Å². The summed E-state index contributed by atoms with van der Waals surface area (Å²) in [4.78, 5) is 2.35. The monoisotopic (exact) mass is 399 g/mol. The first-order valence-corrected chi connectivity index (χ1v) is 10.3. The average Bonchev–Trinajstić information content (AvgIpc) is 2.71. The predicted octanol–water partition coefficient (Wildman–Crippen LogP) is 4.04. The number of hydrogen-bond donors (Lipinski definition) is 2. The number of rotatable bonds is 7. The highest BCUT2D eigenvalue weighted by molar-refractivity contribution is 7.80. The molecule has 1 aliphatic rings. The molecule has 1 aliphatic heterocycles. The Morgan fingerprint density at radius 2 is 1.82 bits per heavy atom. The average molecular weight is 400 g/mol. The van der Waals surface area contributed by atoms with Gasteiger partial charge in [0.25, 0.3) is 0 Å². The number of anilines is 1. The molecule has 5 nitrogen and oxygen atoms in total. The van der Waals surface area contributed by atoms with E-state index in [0.29, 0.717) is 24.4 Å². The summed E-state index contributed by atoms with van der Waals surface area (Å²) in [7, 11) is 2.16. The second-order valence-electron chi connectivity index (χ2n) is 7.00. The third-order valence-corrected chi connectivity index (χ3v) is 5.03. The maximum Gasteiger partial charge on any atom is 0.171 e. The number of nitrogens with one attached hydrogen (secondary N) is 2. The maximum absolute atomic E-state index is 6.10. The molecule has 0 saturated carbocycles. The molecule has 1 saturated heterocycles. The summed E-state index contributed by atoms with van der Waals surface area (Å²) >= 11 is 5.42. The zero-order chi connectivity index (χ0) is 19.8. The van der Waals surface area contributed by atoms with E-state index in [-0.39, 0.29) is 0 Å². The molecule has 1 heterocycles. The highest BCUT2D eigenvalue weighted by atomic mass is 32.1. The number of thiocarbonyl (C=S) groups is 1. The van der Waals surface area contributed by atoms with E-state index in [1.807, 2.05) is 43.3 Å². The molecule has 0 aromatic heterocycles. The molecule has 3 rings (SSSR count). The fourth-order valence-corrected chi connectivity index (χ4v) is 3.36. The minimum absolute atomic E-state index is 0.322. The van der Waals surface area contributed by atoms with E-state index in [0.717, 1.165) is 48.7 Å². The largest absolute Gasteiger partial charge is 0.492 e. The minimum atomic E-state index is 0.322. The van der Waals surface area contributed by atoms with Crippen LogP contribution in [0.25, 0.3) is 0 Å². The number of likely N-dealkylation sites (tertiary alicyclic amines) is 1. The van der Waals surface area contributed by atoms with Gasteiger partial charge in [-0.3, -0.25) is 0 Å². The zero-order valence-corrected chi connectivity index (χ0v) is 17.4. The van der Waals surface area contributed by atoms with Crippen LogP contribution < -0.4 is 20.1 Å². The highest BCUT2D eigenvalue weighted by Gasteiger charge is 2.17. The first-order valence-electron chi connectivity index (χ1n) is 9.85. The molecule has 0 aliphatic carbocycles. The lowest BCUT2D eigenvalue weighted by Crippen LogP contribution is -2.35. The predicted molar refractivity (Wildman–Crippen MR) is 118 cm³/mol. The molecule has 0 atom stereocenters. The third-order valence-electron chi connectivity index (χ3n) is 4.78. The maximum atomic E-state index is 6.10. The van der Waals surface area contributed by atoms with Crippen molar-refractivity contribution in [1.82, 2.24) is 10.2 Å². The first kappa shape index (κ1) is 20.4. The molecule has 0 bridgehead atoms. The molecule has 1 fully saturated rings. The van der Waals surface area contributed by atoms with Crippen LogP contribution in [0, 0.1) is 0 Å². The van der Waals surface area contributed by atoms with E-state index in [1.54, 1.807) is 0 Å². The van der Waals surface area contributed by atoms with Gasteiger partial charge in [0.2, 0.25) is 0 Å². The Kier molecular flexibility index (Phi) is 7.51. The van der Waals surface area contributed by atoms with Gasteiger partial charge in [0.1, 0.15) is 17.6 Å². The van der Waals surface area contributed by atoms with Crippen LogP contribution in [0.15, 0.2) is 48.5 Å². The summed E-state index contributed by atoms with van der Waals surface area (Å²) in [5, 5.41) is 7.01. The molecular formula is C22H29N3O2S. The van der Waals surface area contributed by atoms with E-state index < -0.39 is 0 Å². The van der Waals surface area contributed by atoms with Crippen LogP contribution >= 0.6 is 12.2 Å². The Morgan fingerprint density at radius 1 is 1.11 bits per heavy atom. The van der Waals surface area contributed by atoms with Crippen molar-refractivity contribution in [3.63, 3.8) is 0 Å². The van der Waals surface area contributed by atoms with Gasteiger partial charge in [0.05, 0.1) is 12.3 Å². The summed E-state index contributed by atoms with van der Waals surface area (Å²) in [5.74, 6) is 1.73. The lowest BCUT2D eigenvalue weighted by Gasteiger charge is -2.29. The van der Waals surface area contributed by atoms with E-state index in [4.69, 9.17) is 21.7 Å². The van der Waals surface area contributed by atoms with Crippen LogP contribution in [0.5, 0.6) is 11.5 Å². The van der Waals surface area contributed by atoms with Gasteiger partial charge in [-0.25, -0.2) is 0 Å². The molecule has 0 amide bonds. The van der Waals surface area contributed by atoms with Crippen LogP contribution in [0.4, 0.5) is 5.69 Å². The lowest BCUT2D eigenvalue weighted by atomic mass is 10.1. The van der Waals surface area contributed by atoms with Gasteiger partial charge in [0, 0.05) is 19.6 Å². The molecule has 2 aromatic rings. The summed E-state index contributed by atoms with van der Waals surface area (Å²) in [5.41, 5.74) is 2.02. The SMILES string of the molecule is CCOc1ccccc1NC(=S)NCc1ccc(OC2CCN(C)CC2)cc1. The van der Waals surface area contributed by atoms with Gasteiger partial charge in [-0.05, 0) is 68.9 Å². The molecule has 150 valence electrons. The Morgan fingerprint density at radius 3 is 2.54 bits per heavy atom. The van der Waals surface area contributed by atoms with Crippen molar-refractivity contribution in [2.75, 3.05) is 32.1 Å². The van der Waals surface area contributed by atoms with Crippen LogP contribution in [-0.2, 0) is 6.54 Å². The van der Waals surface area contributed by atoms with Gasteiger partial charge in [0.15, 0.2) is 5.11 Å². The van der Waals surface area contributed by atoms with Crippen LogP contribution in [0.1, 0.15) is 25.3 Å². The van der Waals surface area contributed by atoms with Crippen molar-refractivity contribution < 1.29 is 9.47 Å². The van der Waals surface area contributed by atoms with E-state index in [2.05, 4.69) is 34.7 Å². The summed E-state index contributed by atoms with van der Waals surface area (Å²) in [6.45, 7) is 5.43. The van der Waals surface area contributed by atoms with Gasteiger partial charge >= 0.3 is 0 Å². The summed E-state index contributed by atoms with van der Waals surface area (Å²) in [6.07, 6.45) is 2.49. The Labute approximate surface area is 173 Å². The Hall–Kier alpha value is -2.31. The van der Waals surface area contributed by atoms with E-state index in [9.17, 15) is 0 Å². The molecule has 2 aromatic carbocycles. The fourth-order valence-electron chi connectivity index (χ4n) is 3.18. The summed E-state index contributed by atoms with van der Waals surface area (Å²) < 4.78 is 11.7.